The van der Waals surface area contributed by atoms with E-state index in [2.05, 4.69) is 57.6 Å². The van der Waals surface area contributed by atoms with Crippen LogP contribution in [0.4, 0.5) is 0 Å². The fourth-order valence-corrected chi connectivity index (χ4v) is 2.32. The monoisotopic (exact) mass is 252 g/mol. The highest BCUT2D eigenvalue weighted by Gasteiger charge is 2.23. The number of rotatable bonds is 5. The minimum atomic E-state index is 0.167. The quantitative estimate of drug-likeness (QED) is 0.845. The summed E-state index contributed by atoms with van der Waals surface area (Å²) in [6.45, 7) is 12.0. The van der Waals surface area contributed by atoms with Crippen molar-refractivity contribution in [2.45, 2.75) is 53.6 Å². The van der Waals surface area contributed by atoms with Crippen LogP contribution in [0.15, 0.2) is 6.07 Å². The summed E-state index contributed by atoms with van der Waals surface area (Å²) in [5.74, 6) is 0. The van der Waals surface area contributed by atoms with Crippen molar-refractivity contribution < 1.29 is 5.11 Å². The number of nitrogens with one attached hydrogen (secondary N) is 1. The molecule has 0 saturated carbocycles. The van der Waals surface area contributed by atoms with Crippen LogP contribution in [0, 0.1) is 19.3 Å². The van der Waals surface area contributed by atoms with Crippen molar-refractivity contribution in [3.05, 3.63) is 23.0 Å². The summed E-state index contributed by atoms with van der Waals surface area (Å²) >= 11 is 0. The van der Waals surface area contributed by atoms with E-state index in [1.807, 2.05) is 0 Å². The van der Waals surface area contributed by atoms with Crippen LogP contribution in [-0.2, 0) is 13.6 Å². The topological polar surface area (TPSA) is 37.2 Å². The fourth-order valence-electron chi connectivity index (χ4n) is 2.32. The molecule has 0 aliphatic heterocycles. The van der Waals surface area contributed by atoms with Gasteiger partial charge in [0.1, 0.15) is 0 Å². The van der Waals surface area contributed by atoms with E-state index in [1.165, 1.54) is 17.0 Å². The van der Waals surface area contributed by atoms with Gasteiger partial charge in [-0.3, -0.25) is 0 Å². The summed E-state index contributed by atoms with van der Waals surface area (Å²) in [4.78, 5) is 0. The Morgan fingerprint density at radius 3 is 2.33 bits per heavy atom. The second-order valence-corrected chi connectivity index (χ2v) is 6.27. The van der Waals surface area contributed by atoms with E-state index in [9.17, 15) is 0 Å². The summed E-state index contributed by atoms with van der Waals surface area (Å²) in [5.41, 5.74) is 4.12. The lowest BCUT2D eigenvalue weighted by molar-refractivity contribution is 0.196. The average Bonchev–Trinajstić information content (AvgIpc) is 2.50. The van der Waals surface area contributed by atoms with Crippen molar-refractivity contribution >= 4 is 0 Å². The van der Waals surface area contributed by atoms with Crippen molar-refractivity contribution in [2.75, 3.05) is 6.61 Å². The van der Waals surface area contributed by atoms with E-state index < -0.39 is 0 Å². The van der Waals surface area contributed by atoms with Crippen LogP contribution >= 0.6 is 0 Å². The van der Waals surface area contributed by atoms with Gasteiger partial charge in [-0.15, -0.1) is 0 Å². The summed E-state index contributed by atoms with van der Waals surface area (Å²) < 4.78 is 2.22. The van der Waals surface area contributed by atoms with Crippen LogP contribution in [-0.4, -0.2) is 22.3 Å². The van der Waals surface area contributed by atoms with Gasteiger partial charge in [-0.05, 0) is 37.3 Å². The molecule has 1 rings (SSSR count). The first-order valence-corrected chi connectivity index (χ1v) is 6.73. The Bertz CT molecular complexity index is 388. The minimum Gasteiger partial charge on any atom is -0.396 e. The number of nitrogens with zero attached hydrogens (tertiary/aromatic N) is 1. The van der Waals surface area contributed by atoms with Crippen molar-refractivity contribution in [1.29, 1.82) is 0 Å². The molecule has 2 N–H and O–H groups in total. The zero-order valence-corrected chi connectivity index (χ0v) is 12.7. The van der Waals surface area contributed by atoms with Gasteiger partial charge >= 0.3 is 0 Å². The Hall–Kier alpha value is -0.800. The molecular weight excluding hydrogens is 224 g/mol. The first-order chi connectivity index (χ1) is 8.27. The SMILES string of the molecule is Cc1cc(CNC(CCO)C(C)(C)C)c(C)n1C. The van der Waals surface area contributed by atoms with Crippen molar-refractivity contribution in [2.24, 2.45) is 12.5 Å². The number of hydrogen-bond donors (Lipinski definition) is 2. The minimum absolute atomic E-state index is 0.167. The lowest BCUT2D eigenvalue weighted by atomic mass is 9.85. The van der Waals surface area contributed by atoms with Crippen LogP contribution in [0.3, 0.4) is 0 Å². The maximum Gasteiger partial charge on any atom is 0.0446 e. The maximum atomic E-state index is 9.16. The first kappa shape index (κ1) is 15.3. The molecule has 1 atom stereocenters. The van der Waals surface area contributed by atoms with Crippen molar-refractivity contribution in [3.8, 4) is 0 Å². The molecule has 0 amide bonds. The second-order valence-electron chi connectivity index (χ2n) is 6.27. The molecule has 18 heavy (non-hydrogen) atoms. The largest absolute Gasteiger partial charge is 0.396 e. The number of hydrogen-bond acceptors (Lipinski definition) is 2. The number of aliphatic hydroxyl groups is 1. The van der Waals surface area contributed by atoms with Gasteiger partial charge in [0, 0.05) is 37.6 Å². The highest BCUT2D eigenvalue weighted by atomic mass is 16.3. The zero-order valence-electron chi connectivity index (χ0n) is 12.7. The molecule has 1 unspecified atom stereocenters. The average molecular weight is 252 g/mol. The third-order valence-corrected chi connectivity index (χ3v) is 3.88. The van der Waals surface area contributed by atoms with Gasteiger partial charge in [-0.2, -0.15) is 0 Å². The molecule has 0 spiro atoms. The van der Waals surface area contributed by atoms with Crippen LogP contribution < -0.4 is 5.32 Å². The highest BCUT2D eigenvalue weighted by molar-refractivity contribution is 5.26. The highest BCUT2D eigenvalue weighted by Crippen LogP contribution is 2.22. The molecular formula is C15H28N2O. The lowest BCUT2D eigenvalue weighted by Gasteiger charge is -2.31. The molecule has 0 saturated heterocycles. The smallest absolute Gasteiger partial charge is 0.0446 e. The van der Waals surface area contributed by atoms with Gasteiger partial charge in [0.05, 0.1) is 0 Å². The molecule has 104 valence electrons. The molecule has 3 nitrogen and oxygen atoms in total. The van der Waals surface area contributed by atoms with E-state index in [1.54, 1.807) is 0 Å². The third-order valence-electron chi connectivity index (χ3n) is 3.88. The predicted octanol–water partition coefficient (Wildman–Crippen LogP) is 2.53. The third kappa shape index (κ3) is 3.59. The van der Waals surface area contributed by atoms with E-state index >= 15 is 0 Å². The van der Waals surface area contributed by atoms with E-state index in [4.69, 9.17) is 5.11 Å². The molecule has 0 bridgehead atoms. The Balaban J connectivity index is 2.70. The summed E-state index contributed by atoms with van der Waals surface area (Å²) in [6.07, 6.45) is 0.800. The molecule has 1 aromatic rings. The van der Waals surface area contributed by atoms with Crippen LogP contribution in [0.1, 0.15) is 44.1 Å². The number of aromatic nitrogens is 1. The molecule has 3 heteroatoms. The lowest BCUT2D eigenvalue weighted by Crippen LogP contribution is -2.40. The Morgan fingerprint density at radius 2 is 1.94 bits per heavy atom. The first-order valence-electron chi connectivity index (χ1n) is 6.73. The zero-order chi connectivity index (χ0) is 13.9. The second kappa shape index (κ2) is 5.89. The van der Waals surface area contributed by atoms with Gasteiger partial charge in [0.15, 0.2) is 0 Å². The Kier molecular flexibility index (Phi) is 5.00. The molecule has 0 aliphatic rings. The summed E-state index contributed by atoms with van der Waals surface area (Å²) in [7, 11) is 2.10. The van der Waals surface area contributed by atoms with Gasteiger partial charge < -0.3 is 15.0 Å². The van der Waals surface area contributed by atoms with Crippen molar-refractivity contribution in [1.82, 2.24) is 9.88 Å². The Morgan fingerprint density at radius 1 is 1.33 bits per heavy atom. The molecule has 0 fully saturated rings. The maximum absolute atomic E-state index is 9.16. The Labute approximate surface area is 111 Å². The fraction of sp³-hybridized carbons (Fsp3) is 0.733. The van der Waals surface area contributed by atoms with Gasteiger partial charge in [0.2, 0.25) is 0 Å². The van der Waals surface area contributed by atoms with E-state index in [0.29, 0.717) is 6.04 Å². The van der Waals surface area contributed by atoms with Gasteiger partial charge in [0.25, 0.3) is 0 Å². The normalized spacial score (nSPS) is 13.9. The van der Waals surface area contributed by atoms with E-state index in [-0.39, 0.29) is 12.0 Å². The van der Waals surface area contributed by atoms with Gasteiger partial charge in [-0.1, -0.05) is 20.8 Å². The molecule has 0 aliphatic carbocycles. The molecule has 0 radical (unpaired) electrons. The molecule has 0 aromatic carbocycles. The standard InChI is InChI=1S/C15H28N2O/c1-11-9-13(12(2)17(11)6)10-16-14(7-8-18)15(3,4)5/h9,14,16,18H,7-8,10H2,1-6H3. The van der Waals surface area contributed by atoms with Crippen molar-refractivity contribution in [3.63, 3.8) is 0 Å². The van der Waals surface area contributed by atoms with Crippen LogP contribution in [0.2, 0.25) is 0 Å². The van der Waals surface area contributed by atoms with Gasteiger partial charge in [-0.25, -0.2) is 0 Å². The number of aliphatic hydroxyl groups excluding tert-OH is 1. The summed E-state index contributed by atoms with van der Waals surface area (Å²) in [5, 5.41) is 12.7. The van der Waals surface area contributed by atoms with Crippen LogP contribution in [0.5, 0.6) is 0 Å². The summed E-state index contributed by atoms with van der Waals surface area (Å²) in [6, 6.07) is 2.57. The number of aryl methyl sites for hydroxylation is 1. The predicted molar refractivity (Wildman–Crippen MR) is 76.7 cm³/mol. The van der Waals surface area contributed by atoms with Crippen LogP contribution in [0.25, 0.3) is 0 Å². The van der Waals surface area contributed by atoms with E-state index in [0.717, 1.165) is 13.0 Å². The molecule has 1 aromatic heterocycles. The molecule has 1 heterocycles.